The number of aromatic nitrogens is 2. The molecule has 0 saturated heterocycles. The van der Waals surface area contributed by atoms with E-state index in [4.69, 9.17) is 4.74 Å². The van der Waals surface area contributed by atoms with Gasteiger partial charge in [0.2, 0.25) is 5.91 Å². The number of nitriles is 1. The summed E-state index contributed by atoms with van der Waals surface area (Å²) in [5.74, 6) is -0.149. The van der Waals surface area contributed by atoms with Gasteiger partial charge in [0.25, 0.3) is 0 Å². The van der Waals surface area contributed by atoms with Gasteiger partial charge in [0, 0.05) is 49.1 Å². The van der Waals surface area contributed by atoms with E-state index in [1.54, 1.807) is 29.7 Å². The maximum atomic E-state index is 12.7. The van der Waals surface area contributed by atoms with Gasteiger partial charge in [-0.2, -0.15) is 5.26 Å². The van der Waals surface area contributed by atoms with Crippen LogP contribution in [0.4, 0.5) is 9.80 Å². The van der Waals surface area contributed by atoms with Crippen LogP contribution in [-0.4, -0.2) is 40.0 Å². The average molecular weight is 476 g/mol. The Hall–Kier alpha value is -3.77. The molecule has 9 heteroatoms. The molecule has 8 nitrogen and oxygen atoms in total. The minimum atomic E-state index is -0.377. The normalized spacial score (nSPS) is 13.5. The van der Waals surface area contributed by atoms with Crippen LogP contribution in [0.1, 0.15) is 46.4 Å². The monoisotopic (exact) mass is 475 g/mol. The third-order valence-electron chi connectivity index (χ3n) is 5.76. The molecule has 0 radical (unpaired) electrons. The second kappa shape index (κ2) is 10.9. The minimum absolute atomic E-state index is 0.00533. The van der Waals surface area contributed by atoms with Crippen molar-refractivity contribution < 1.29 is 14.3 Å². The molecule has 4 heterocycles. The first kappa shape index (κ1) is 23.4. The third kappa shape index (κ3) is 5.58. The van der Waals surface area contributed by atoms with E-state index in [1.165, 1.54) is 11.3 Å². The van der Waals surface area contributed by atoms with Crippen LogP contribution in [0.25, 0.3) is 0 Å². The molecule has 0 aromatic carbocycles. The van der Waals surface area contributed by atoms with Crippen molar-refractivity contribution in [1.82, 2.24) is 14.9 Å². The fourth-order valence-electron chi connectivity index (χ4n) is 3.90. The first-order valence-electron chi connectivity index (χ1n) is 11.1. The highest BCUT2D eigenvalue weighted by Gasteiger charge is 2.28. The quantitative estimate of drug-likeness (QED) is 0.546. The molecule has 0 fully saturated rings. The lowest BCUT2D eigenvalue weighted by molar-refractivity contribution is -0.116. The molecule has 1 aliphatic rings. The Bertz CT molecular complexity index is 1190. The molecule has 3 aromatic heterocycles. The molecule has 2 amide bonds. The van der Waals surface area contributed by atoms with E-state index in [0.29, 0.717) is 36.5 Å². The third-order valence-corrected chi connectivity index (χ3v) is 6.90. The summed E-state index contributed by atoms with van der Waals surface area (Å²) in [7, 11) is 0. The standard InChI is InChI=1S/C25H25N5O3S/c1-17(19-5-3-9-28-15-19)12-23(31)29-24-21(13-26)20-6-10-30(16-22(20)34-24)25(32)33-11-7-18-4-2-8-27-14-18/h2-5,8-9,14-15,17H,6-7,10-12,16H2,1H3,(H,29,31). The van der Waals surface area contributed by atoms with E-state index in [-0.39, 0.29) is 30.9 Å². The van der Waals surface area contributed by atoms with Gasteiger partial charge in [-0.15, -0.1) is 11.3 Å². The zero-order valence-electron chi connectivity index (χ0n) is 18.9. The van der Waals surface area contributed by atoms with Gasteiger partial charge < -0.3 is 15.0 Å². The molecular formula is C25H25N5O3S. The topological polar surface area (TPSA) is 108 Å². The van der Waals surface area contributed by atoms with Crippen molar-refractivity contribution in [1.29, 1.82) is 5.26 Å². The summed E-state index contributed by atoms with van der Waals surface area (Å²) in [6.45, 7) is 3.08. The zero-order chi connectivity index (χ0) is 23.9. The summed E-state index contributed by atoms with van der Waals surface area (Å²) < 4.78 is 5.44. The Morgan fingerprint density at radius 2 is 2.06 bits per heavy atom. The van der Waals surface area contributed by atoms with Crippen molar-refractivity contribution in [3.05, 3.63) is 76.2 Å². The highest BCUT2D eigenvalue weighted by Crippen LogP contribution is 2.37. The van der Waals surface area contributed by atoms with E-state index < -0.39 is 0 Å². The van der Waals surface area contributed by atoms with Crippen molar-refractivity contribution >= 4 is 28.3 Å². The lowest BCUT2D eigenvalue weighted by Gasteiger charge is -2.26. The lowest BCUT2D eigenvalue weighted by Crippen LogP contribution is -2.36. The molecule has 4 rings (SSSR count). The number of thiophene rings is 1. The Morgan fingerprint density at radius 1 is 1.26 bits per heavy atom. The van der Waals surface area contributed by atoms with E-state index in [9.17, 15) is 14.9 Å². The predicted octanol–water partition coefficient (Wildman–Crippen LogP) is 4.28. The zero-order valence-corrected chi connectivity index (χ0v) is 19.7. The number of ether oxygens (including phenoxy) is 1. The summed E-state index contributed by atoms with van der Waals surface area (Å²) in [6, 6.07) is 9.82. The minimum Gasteiger partial charge on any atom is -0.449 e. The highest BCUT2D eigenvalue weighted by atomic mass is 32.1. The molecule has 3 aromatic rings. The Balaban J connectivity index is 1.35. The van der Waals surface area contributed by atoms with E-state index in [0.717, 1.165) is 21.6 Å². The van der Waals surface area contributed by atoms with Gasteiger partial charge in [0.15, 0.2) is 0 Å². The van der Waals surface area contributed by atoms with Crippen molar-refractivity contribution in [3.8, 4) is 6.07 Å². The Morgan fingerprint density at radius 3 is 2.76 bits per heavy atom. The van der Waals surface area contributed by atoms with Gasteiger partial charge in [0.1, 0.15) is 11.1 Å². The number of fused-ring (bicyclic) bond motifs is 1. The smallest absolute Gasteiger partial charge is 0.410 e. The average Bonchev–Trinajstić information content (AvgIpc) is 3.20. The number of pyridine rings is 2. The highest BCUT2D eigenvalue weighted by molar-refractivity contribution is 7.16. The van der Waals surface area contributed by atoms with Crippen LogP contribution < -0.4 is 5.32 Å². The van der Waals surface area contributed by atoms with Crippen molar-refractivity contribution in [2.75, 3.05) is 18.5 Å². The number of nitrogens with one attached hydrogen (secondary N) is 1. The molecule has 0 saturated carbocycles. The molecule has 34 heavy (non-hydrogen) atoms. The largest absolute Gasteiger partial charge is 0.449 e. The van der Waals surface area contributed by atoms with Gasteiger partial charge in [-0.25, -0.2) is 4.79 Å². The summed E-state index contributed by atoms with van der Waals surface area (Å²) in [6.07, 6.45) is 7.97. The number of hydrogen-bond donors (Lipinski definition) is 1. The van der Waals surface area contributed by atoms with Crippen LogP contribution >= 0.6 is 11.3 Å². The number of nitrogens with zero attached hydrogens (tertiary/aromatic N) is 4. The molecule has 1 atom stereocenters. The molecule has 1 aliphatic heterocycles. The molecule has 0 bridgehead atoms. The van der Waals surface area contributed by atoms with Crippen molar-refractivity contribution in [3.63, 3.8) is 0 Å². The fourth-order valence-corrected chi connectivity index (χ4v) is 5.13. The number of hydrogen-bond acceptors (Lipinski definition) is 7. The molecule has 0 spiro atoms. The summed E-state index contributed by atoms with van der Waals surface area (Å²) in [4.78, 5) is 35.9. The molecule has 1 N–H and O–H groups in total. The van der Waals surface area contributed by atoms with Crippen LogP contribution in [0.5, 0.6) is 0 Å². The molecule has 174 valence electrons. The second-order valence-electron chi connectivity index (χ2n) is 8.16. The molecular weight excluding hydrogens is 450 g/mol. The van der Waals surface area contributed by atoms with Gasteiger partial charge >= 0.3 is 6.09 Å². The first-order chi connectivity index (χ1) is 16.5. The number of rotatable bonds is 7. The fraction of sp³-hybridized carbons (Fsp3) is 0.320. The van der Waals surface area contributed by atoms with Gasteiger partial charge in [-0.3, -0.25) is 14.8 Å². The summed E-state index contributed by atoms with van der Waals surface area (Å²) in [5, 5.41) is 13.2. The van der Waals surface area contributed by atoms with Gasteiger partial charge in [0.05, 0.1) is 18.7 Å². The Kier molecular flexibility index (Phi) is 7.50. The molecule has 0 aliphatic carbocycles. The van der Waals surface area contributed by atoms with Crippen molar-refractivity contribution in [2.24, 2.45) is 0 Å². The van der Waals surface area contributed by atoms with Gasteiger partial charge in [-0.05, 0) is 41.2 Å². The maximum Gasteiger partial charge on any atom is 0.410 e. The van der Waals surface area contributed by atoms with Crippen LogP contribution in [-0.2, 0) is 28.9 Å². The van der Waals surface area contributed by atoms with Crippen LogP contribution in [0.15, 0.2) is 49.1 Å². The Labute approximate surface area is 202 Å². The molecule has 1 unspecified atom stereocenters. The van der Waals surface area contributed by atoms with E-state index in [2.05, 4.69) is 21.4 Å². The first-order valence-corrected chi connectivity index (χ1v) is 11.9. The van der Waals surface area contributed by atoms with Crippen LogP contribution in [0.3, 0.4) is 0 Å². The summed E-state index contributed by atoms with van der Waals surface area (Å²) >= 11 is 1.36. The maximum absolute atomic E-state index is 12.7. The number of carbonyl (C=O) groups excluding carboxylic acids is 2. The van der Waals surface area contributed by atoms with E-state index >= 15 is 0 Å². The lowest BCUT2D eigenvalue weighted by atomic mass is 9.99. The number of anilines is 1. The predicted molar refractivity (Wildman–Crippen MR) is 128 cm³/mol. The van der Waals surface area contributed by atoms with E-state index in [1.807, 2.05) is 31.2 Å². The van der Waals surface area contributed by atoms with Crippen LogP contribution in [0, 0.1) is 11.3 Å². The van der Waals surface area contributed by atoms with Crippen LogP contribution in [0.2, 0.25) is 0 Å². The SMILES string of the molecule is CC(CC(=O)Nc1sc2c(c1C#N)CCN(C(=O)OCCc1cccnc1)C2)c1cccnc1. The van der Waals surface area contributed by atoms with Gasteiger partial charge in [-0.1, -0.05) is 19.1 Å². The number of carbonyl (C=O) groups is 2. The van der Waals surface area contributed by atoms with Crippen molar-refractivity contribution in [2.45, 2.75) is 38.6 Å². The second-order valence-corrected chi connectivity index (χ2v) is 9.26. The summed E-state index contributed by atoms with van der Waals surface area (Å²) in [5.41, 5.74) is 3.39. The number of amides is 2.